The van der Waals surface area contributed by atoms with Gasteiger partial charge in [0.15, 0.2) is 0 Å². The Morgan fingerprint density at radius 3 is 2.56 bits per heavy atom. The van der Waals surface area contributed by atoms with Crippen LogP contribution in [0.15, 0.2) is 24.3 Å². The fourth-order valence-electron chi connectivity index (χ4n) is 1.45. The molecule has 0 spiro atoms. The lowest BCUT2D eigenvalue weighted by Crippen LogP contribution is -2.33. The first-order chi connectivity index (χ1) is 7.32. The summed E-state index contributed by atoms with van der Waals surface area (Å²) < 4.78 is 26.4. The highest BCUT2D eigenvalue weighted by molar-refractivity contribution is 5.73. The number of hydrogen-bond acceptors (Lipinski definition) is 2. The van der Waals surface area contributed by atoms with Crippen LogP contribution in [0.5, 0.6) is 0 Å². The van der Waals surface area contributed by atoms with Crippen molar-refractivity contribution >= 4 is 5.97 Å². The Hall–Kier alpha value is -1.49. The van der Waals surface area contributed by atoms with Crippen LogP contribution >= 0.6 is 0 Å². The minimum Gasteiger partial charge on any atom is -0.480 e. The summed E-state index contributed by atoms with van der Waals surface area (Å²) in [6.07, 6.45) is -0.102. The summed E-state index contributed by atoms with van der Waals surface area (Å²) in [5.41, 5.74) is 5.41. The van der Waals surface area contributed by atoms with E-state index in [9.17, 15) is 13.6 Å². The fourth-order valence-corrected chi connectivity index (χ4v) is 1.45. The van der Waals surface area contributed by atoms with Crippen molar-refractivity contribution in [1.82, 2.24) is 0 Å². The highest BCUT2D eigenvalue weighted by atomic mass is 19.3. The van der Waals surface area contributed by atoms with Crippen molar-refractivity contribution in [3.63, 3.8) is 0 Å². The lowest BCUT2D eigenvalue weighted by molar-refractivity contribution is -0.138. The lowest BCUT2D eigenvalue weighted by Gasteiger charge is -2.16. The van der Waals surface area contributed by atoms with Gasteiger partial charge in [0.25, 0.3) is 5.92 Å². The van der Waals surface area contributed by atoms with Crippen LogP contribution in [0.2, 0.25) is 0 Å². The molecule has 1 rings (SSSR count). The molecule has 0 heterocycles. The van der Waals surface area contributed by atoms with E-state index in [0.29, 0.717) is 0 Å². The number of halogens is 2. The van der Waals surface area contributed by atoms with Crippen molar-refractivity contribution in [2.24, 2.45) is 5.73 Å². The largest absolute Gasteiger partial charge is 0.480 e. The van der Waals surface area contributed by atoms with Gasteiger partial charge in [-0.05, 0) is 12.0 Å². The van der Waals surface area contributed by atoms with Crippen molar-refractivity contribution in [2.75, 3.05) is 0 Å². The van der Waals surface area contributed by atoms with Gasteiger partial charge in [-0.1, -0.05) is 24.3 Å². The third kappa shape index (κ3) is 3.00. The molecule has 88 valence electrons. The molecule has 1 unspecified atom stereocenters. The van der Waals surface area contributed by atoms with E-state index in [2.05, 4.69) is 0 Å². The Morgan fingerprint density at radius 1 is 1.50 bits per heavy atom. The van der Waals surface area contributed by atoms with Crippen molar-refractivity contribution in [1.29, 1.82) is 0 Å². The predicted octanol–water partition coefficient (Wildman–Crippen LogP) is 1.75. The smallest absolute Gasteiger partial charge is 0.320 e. The predicted molar refractivity (Wildman–Crippen MR) is 55.3 cm³/mol. The zero-order valence-electron chi connectivity index (χ0n) is 8.78. The van der Waals surface area contributed by atoms with Crippen LogP contribution in [0.4, 0.5) is 8.78 Å². The summed E-state index contributed by atoms with van der Waals surface area (Å²) >= 11 is 0. The summed E-state index contributed by atoms with van der Waals surface area (Å²) in [6, 6.07) is 4.66. The summed E-state index contributed by atoms with van der Waals surface area (Å²) in [4.78, 5) is 10.6. The van der Waals surface area contributed by atoms with E-state index in [-0.39, 0.29) is 17.5 Å². The number of carbonyl (C=O) groups is 1. The van der Waals surface area contributed by atoms with Crippen LogP contribution in [0, 0.1) is 0 Å². The highest BCUT2D eigenvalue weighted by Crippen LogP contribution is 2.30. The normalized spacial score (nSPS) is 13.5. The molecule has 1 aromatic rings. The molecule has 0 aliphatic heterocycles. The number of rotatable bonds is 4. The van der Waals surface area contributed by atoms with Crippen LogP contribution in [-0.2, 0) is 17.1 Å². The van der Waals surface area contributed by atoms with Crippen molar-refractivity contribution in [3.8, 4) is 0 Å². The number of nitrogens with two attached hydrogens (primary N) is 1. The molecule has 16 heavy (non-hydrogen) atoms. The second kappa shape index (κ2) is 4.57. The van der Waals surface area contributed by atoms with Crippen molar-refractivity contribution in [3.05, 3.63) is 35.4 Å². The Labute approximate surface area is 91.9 Å². The molecular weight excluding hydrogens is 216 g/mol. The summed E-state index contributed by atoms with van der Waals surface area (Å²) in [7, 11) is 0. The molecule has 5 heteroatoms. The molecule has 1 atom stereocenters. The highest BCUT2D eigenvalue weighted by Gasteiger charge is 2.28. The number of aliphatic carboxylic acids is 1. The second-order valence-electron chi connectivity index (χ2n) is 3.69. The molecule has 0 saturated heterocycles. The van der Waals surface area contributed by atoms with Crippen LogP contribution in [0.25, 0.3) is 0 Å². The Kier molecular flexibility index (Phi) is 3.59. The molecule has 0 bridgehead atoms. The van der Waals surface area contributed by atoms with E-state index in [1.54, 1.807) is 6.07 Å². The van der Waals surface area contributed by atoms with E-state index in [4.69, 9.17) is 10.8 Å². The Morgan fingerprint density at radius 2 is 2.06 bits per heavy atom. The maximum absolute atomic E-state index is 13.2. The van der Waals surface area contributed by atoms with E-state index in [1.807, 2.05) is 0 Å². The summed E-state index contributed by atoms with van der Waals surface area (Å²) in [5.74, 6) is -4.19. The summed E-state index contributed by atoms with van der Waals surface area (Å²) in [6.45, 7) is 0.776. The number of carboxylic acids is 1. The standard InChI is InChI=1S/C11H13F2NO2/c1-11(12,13)8-5-3-2-4-7(8)6-9(14)10(15)16/h2-5,9H,6,14H2,1H3,(H,15,16). The first-order valence-corrected chi connectivity index (χ1v) is 4.77. The molecule has 3 nitrogen and oxygen atoms in total. The van der Waals surface area contributed by atoms with Gasteiger partial charge >= 0.3 is 5.97 Å². The van der Waals surface area contributed by atoms with E-state index < -0.39 is 17.9 Å². The maximum Gasteiger partial charge on any atom is 0.320 e. The maximum atomic E-state index is 13.2. The Balaban J connectivity index is 3.01. The van der Waals surface area contributed by atoms with Crippen molar-refractivity contribution < 1.29 is 18.7 Å². The number of benzene rings is 1. The van der Waals surface area contributed by atoms with Gasteiger partial charge in [-0.25, -0.2) is 8.78 Å². The van der Waals surface area contributed by atoms with Gasteiger partial charge < -0.3 is 10.8 Å². The van der Waals surface area contributed by atoms with Gasteiger partial charge in [-0.15, -0.1) is 0 Å². The summed E-state index contributed by atoms with van der Waals surface area (Å²) in [5, 5.41) is 8.62. The fraction of sp³-hybridized carbons (Fsp3) is 0.364. The van der Waals surface area contributed by atoms with Gasteiger partial charge in [0.2, 0.25) is 0 Å². The van der Waals surface area contributed by atoms with Gasteiger partial charge in [0, 0.05) is 12.5 Å². The van der Waals surface area contributed by atoms with Crippen LogP contribution in [-0.4, -0.2) is 17.1 Å². The molecular formula is C11H13F2NO2. The first-order valence-electron chi connectivity index (χ1n) is 4.77. The van der Waals surface area contributed by atoms with E-state index >= 15 is 0 Å². The number of carboxylic acid groups (broad SMARTS) is 1. The van der Waals surface area contributed by atoms with Gasteiger partial charge in [-0.3, -0.25) is 4.79 Å². The molecule has 0 aliphatic carbocycles. The molecule has 0 saturated carbocycles. The quantitative estimate of drug-likeness (QED) is 0.826. The zero-order valence-corrected chi connectivity index (χ0v) is 8.78. The minimum atomic E-state index is -2.99. The lowest BCUT2D eigenvalue weighted by atomic mass is 9.97. The molecule has 0 aliphatic rings. The SMILES string of the molecule is CC(F)(F)c1ccccc1CC(N)C(=O)O. The van der Waals surface area contributed by atoms with Crippen LogP contribution in [0.3, 0.4) is 0 Å². The van der Waals surface area contributed by atoms with Gasteiger partial charge in [0.05, 0.1) is 0 Å². The first kappa shape index (κ1) is 12.6. The average molecular weight is 229 g/mol. The molecule has 1 aromatic carbocycles. The van der Waals surface area contributed by atoms with Crippen molar-refractivity contribution in [2.45, 2.75) is 25.3 Å². The molecule has 0 radical (unpaired) electrons. The van der Waals surface area contributed by atoms with E-state index in [1.165, 1.54) is 18.2 Å². The van der Waals surface area contributed by atoms with Crippen LogP contribution in [0.1, 0.15) is 18.1 Å². The third-order valence-electron chi connectivity index (χ3n) is 2.25. The molecule has 0 aromatic heterocycles. The molecule has 0 amide bonds. The zero-order chi connectivity index (χ0) is 12.3. The molecule has 0 fully saturated rings. The second-order valence-corrected chi connectivity index (χ2v) is 3.69. The van der Waals surface area contributed by atoms with E-state index in [0.717, 1.165) is 6.92 Å². The minimum absolute atomic E-state index is 0.102. The monoisotopic (exact) mass is 229 g/mol. The Bertz CT molecular complexity index is 388. The number of alkyl halides is 2. The topological polar surface area (TPSA) is 63.3 Å². The molecule has 3 N–H and O–H groups in total. The van der Waals surface area contributed by atoms with Gasteiger partial charge in [0.1, 0.15) is 6.04 Å². The average Bonchev–Trinajstić information content (AvgIpc) is 2.16. The third-order valence-corrected chi connectivity index (χ3v) is 2.25. The number of hydrogen-bond donors (Lipinski definition) is 2. The van der Waals surface area contributed by atoms with Gasteiger partial charge in [-0.2, -0.15) is 0 Å². The van der Waals surface area contributed by atoms with Crippen LogP contribution < -0.4 is 5.73 Å².